The summed E-state index contributed by atoms with van der Waals surface area (Å²) in [5.41, 5.74) is 7.62. The van der Waals surface area contributed by atoms with Gasteiger partial charge in [-0.3, -0.25) is 0 Å². The van der Waals surface area contributed by atoms with Crippen LogP contribution in [0.2, 0.25) is 0 Å². The second-order valence-corrected chi connectivity index (χ2v) is 7.02. The van der Waals surface area contributed by atoms with Gasteiger partial charge < -0.3 is 20.4 Å². The number of aromatic nitrogens is 4. The van der Waals surface area contributed by atoms with Crippen molar-refractivity contribution in [2.24, 2.45) is 0 Å². The molecule has 0 aliphatic carbocycles. The lowest BCUT2D eigenvalue weighted by atomic mass is 10.1. The Morgan fingerprint density at radius 3 is 2.53 bits per heavy atom. The van der Waals surface area contributed by atoms with Crippen LogP contribution in [0, 0.1) is 6.92 Å². The molecule has 0 atom stereocenters. The Labute approximate surface area is 173 Å². The van der Waals surface area contributed by atoms with Crippen LogP contribution in [-0.2, 0) is 0 Å². The monoisotopic (exact) mass is 396 g/mol. The lowest BCUT2D eigenvalue weighted by Crippen LogP contribution is -1.97. The van der Waals surface area contributed by atoms with Gasteiger partial charge in [0.05, 0.1) is 30.2 Å². The smallest absolute Gasteiger partial charge is 0.213 e. The molecule has 7 nitrogen and oxygen atoms in total. The average Bonchev–Trinajstić information content (AvgIpc) is 3.23. The van der Waals surface area contributed by atoms with Crippen LogP contribution in [0.15, 0.2) is 67.1 Å². The Kier molecular flexibility index (Phi) is 4.40. The maximum atomic E-state index is 5.11. The van der Waals surface area contributed by atoms with Gasteiger partial charge in [0.15, 0.2) is 0 Å². The fraction of sp³-hybridized carbons (Fsp3) is 0.0870. The first-order valence-electron chi connectivity index (χ1n) is 9.57. The zero-order chi connectivity index (χ0) is 20.5. The van der Waals surface area contributed by atoms with Crippen LogP contribution in [0.4, 0.5) is 22.7 Å². The molecule has 0 saturated heterocycles. The minimum atomic E-state index is 0.584. The van der Waals surface area contributed by atoms with Gasteiger partial charge in [-0.05, 0) is 49.4 Å². The normalized spacial score (nSPS) is 11.0. The zero-order valence-corrected chi connectivity index (χ0v) is 16.6. The molecular weight excluding hydrogens is 376 g/mol. The first-order chi connectivity index (χ1) is 14.7. The maximum absolute atomic E-state index is 5.11. The van der Waals surface area contributed by atoms with Gasteiger partial charge in [-0.1, -0.05) is 6.07 Å². The van der Waals surface area contributed by atoms with Gasteiger partial charge in [-0.15, -0.1) is 0 Å². The highest BCUT2D eigenvalue weighted by Gasteiger charge is 2.10. The van der Waals surface area contributed by atoms with E-state index in [0.717, 1.165) is 50.4 Å². The van der Waals surface area contributed by atoms with Gasteiger partial charge >= 0.3 is 0 Å². The van der Waals surface area contributed by atoms with Crippen molar-refractivity contribution in [1.82, 2.24) is 19.9 Å². The predicted molar refractivity (Wildman–Crippen MR) is 120 cm³/mol. The summed E-state index contributed by atoms with van der Waals surface area (Å²) in [5.74, 6) is 0.584. The number of ether oxygens (including phenoxy) is 1. The zero-order valence-electron chi connectivity index (χ0n) is 16.6. The maximum Gasteiger partial charge on any atom is 0.213 e. The van der Waals surface area contributed by atoms with Crippen LogP contribution in [0.25, 0.3) is 21.9 Å². The van der Waals surface area contributed by atoms with E-state index in [1.807, 2.05) is 49.4 Å². The Morgan fingerprint density at radius 2 is 1.73 bits per heavy atom. The minimum absolute atomic E-state index is 0.584. The molecule has 5 aromatic rings. The van der Waals surface area contributed by atoms with Crippen molar-refractivity contribution in [3.8, 4) is 5.88 Å². The fourth-order valence-electron chi connectivity index (χ4n) is 3.55. The Morgan fingerprint density at radius 1 is 0.867 bits per heavy atom. The molecule has 7 heteroatoms. The SMILES string of the molecule is COc1ccc(Nc2cccc(Nc3cc(C)[nH]c4ccc5ncnc5c34)c2)cn1. The summed E-state index contributed by atoms with van der Waals surface area (Å²) in [4.78, 5) is 16.4. The summed E-state index contributed by atoms with van der Waals surface area (Å²) >= 11 is 0. The lowest BCUT2D eigenvalue weighted by molar-refractivity contribution is 0.398. The summed E-state index contributed by atoms with van der Waals surface area (Å²) in [6.07, 6.45) is 3.34. The number of methoxy groups -OCH3 is 1. The topological polar surface area (TPSA) is 87.8 Å². The fourth-order valence-corrected chi connectivity index (χ4v) is 3.55. The molecule has 148 valence electrons. The van der Waals surface area contributed by atoms with E-state index in [9.17, 15) is 0 Å². The number of pyridine rings is 2. The van der Waals surface area contributed by atoms with Crippen molar-refractivity contribution in [2.45, 2.75) is 6.92 Å². The number of aryl methyl sites for hydroxylation is 1. The minimum Gasteiger partial charge on any atom is -0.481 e. The highest BCUT2D eigenvalue weighted by molar-refractivity contribution is 6.10. The molecule has 0 unspecified atom stereocenters. The van der Waals surface area contributed by atoms with Gasteiger partial charge in [0.2, 0.25) is 5.88 Å². The van der Waals surface area contributed by atoms with Gasteiger partial charge in [0.25, 0.3) is 0 Å². The average molecular weight is 396 g/mol. The number of anilines is 4. The van der Waals surface area contributed by atoms with E-state index in [4.69, 9.17) is 4.74 Å². The Bertz CT molecular complexity index is 1340. The van der Waals surface area contributed by atoms with E-state index >= 15 is 0 Å². The molecule has 3 N–H and O–H groups in total. The molecule has 0 aliphatic rings. The Hall–Kier alpha value is -4.13. The van der Waals surface area contributed by atoms with Gasteiger partial charge in [-0.2, -0.15) is 0 Å². The van der Waals surface area contributed by atoms with E-state index in [1.54, 1.807) is 19.6 Å². The molecule has 0 spiro atoms. The summed E-state index contributed by atoms with van der Waals surface area (Å²) in [7, 11) is 1.60. The van der Waals surface area contributed by atoms with Crippen molar-refractivity contribution in [3.05, 3.63) is 72.8 Å². The quantitative estimate of drug-likeness (QED) is 0.373. The number of hydrogen-bond acceptors (Lipinski definition) is 6. The molecule has 0 aliphatic heterocycles. The standard InChI is InChI=1S/C23H20N6O/c1-14-10-20(22-18(27-14)7-8-19-23(22)26-13-25-19)29-16-5-3-4-15(11-16)28-17-6-9-21(30-2)24-12-17/h3-13,27-29H,1-2H3. The van der Waals surface area contributed by atoms with E-state index in [-0.39, 0.29) is 0 Å². The number of rotatable bonds is 5. The van der Waals surface area contributed by atoms with Crippen molar-refractivity contribution >= 4 is 44.7 Å². The van der Waals surface area contributed by atoms with Crippen molar-refractivity contribution in [1.29, 1.82) is 0 Å². The molecule has 5 rings (SSSR count). The van der Waals surface area contributed by atoms with Crippen molar-refractivity contribution in [2.75, 3.05) is 17.7 Å². The second-order valence-electron chi connectivity index (χ2n) is 7.02. The van der Waals surface area contributed by atoms with Crippen LogP contribution in [-0.4, -0.2) is 27.0 Å². The number of hydrogen-bond donors (Lipinski definition) is 3. The highest BCUT2D eigenvalue weighted by atomic mass is 16.5. The molecule has 2 aromatic carbocycles. The van der Waals surface area contributed by atoms with Crippen LogP contribution < -0.4 is 15.4 Å². The third kappa shape index (κ3) is 3.37. The molecule has 0 amide bonds. The van der Waals surface area contributed by atoms with Gasteiger partial charge in [-0.25, -0.2) is 15.0 Å². The van der Waals surface area contributed by atoms with Gasteiger partial charge in [0, 0.05) is 34.0 Å². The first kappa shape index (κ1) is 17.9. The lowest BCUT2D eigenvalue weighted by Gasteiger charge is -2.14. The largest absolute Gasteiger partial charge is 0.481 e. The van der Waals surface area contributed by atoms with Crippen LogP contribution in [0.1, 0.15) is 5.69 Å². The van der Waals surface area contributed by atoms with Crippen LogP contribution in [0.3, 0.4) is 0 Å². The molecule has 30 heavy (non-hydrogen) atoms. The summed E-state index contributed by atoms with van der Waals surface area (Å²) in [6, 6.07) is 18.0. The molecule has 3 aromatic heterocycles. The van der Waals surface area contributed by atoms with Crippen LogP contribution in [0.5, 0.6) is 5.88 Å². The highest BCUT2D eigenvalue weighted by Crippen LogP contribution is 2.32. The summed E-state index contributed by atoms with van der Waals surface area (Å²) in [5, 5.41) is 7.94. The number of benzene rings is 2. The first-order valence-corrected chi connectivity index (χ1v) is 9.57. The second kappa shape index (κ2) is 7.36. The molecule has 3 heterocycles. The summed E-state index contributed by atoms with van der Waals surface area (Å²) < 4.78 is 5.11. The van der Waals surface area contributed by atoms with Crippen molar-refractivity contribution in [3.63, 3.8) is 0 Å². The number of nitrogens with zero attached hydrogens (tertiary/aromatic N) is 3. The number of H-pyrrole nitrogens is 1. The van der Waals surface area contributed by atoms with E-state index < -0.39 is 0 Å². The van der Waals surface area contributed by atoms with E-state index in [2.05, 4.69) is 42.7 Å². The molecule has 0 saturated carbocycles. The van der Waals surface area contributed by atoms with E-state index in [0.29, 0.717) is 5.88 Å². The van der Waals surface area contributed by atoms with Gasteiger partial charge in [0.1, 0.15) is 11.8 Å². The third-order valence-corrected chi connectivity index (χ3v) is 4.88. The third-order valence-electron chi connectivity index (χ3n) is 4.88. The molecule has 0 fully saturated rings. The van der Waals surface area contributed by atoms with Crippen LogP contribution >= 0.6 is 0 Å². The molecule has 0 radical (unpaired) electrons. The predicted octanol–water partition coefficient (Wildman–Crippen LogP) is 5.31. The number of nitrogens with one attached hydrogen (secondary N) is 3. The molecule has 0 bridgehead atoms. The van der Waals surface area contributed by atoms with Crippen molar-refractivity contribution < 1.29 is 4.74 Å². The number of fused-ring (bicyclic) bond motifs is 3. The van der Waals surface area contributed by atoms with E-state index in [1.165, 1.54) is 0 Å². The summed E-state index contributed by atoms with van der Waals surface area (Å²) in [6.45, 7) is 2.04. The molecular formula is C23H20N6O. The number of imidazole rings is 1. The number of aromatic amines is 1. The Balaban J connectivity index is 1.49.